The Morgan fingerprint density at radius 1 is 1.03 bits per heavy atom. The largest absolute Gasteiger partial charge is 0.373 e. The Morgan fingerprint density at radius 2 is 1.74 bits per heavy atom. The highest BCUT2D eigenvalue weighted by atomic mass is 16.5. The van der Waals surface area contributed by atoms with Gasteiger partial charge in [-0.15, -0.1) is 0 Å². The van der Waals surface area contributed by atoms with Gasteiger partial charge >= 0.3 is 0 Å². The van der Waals surface area contributed by atoms with E-state index in [2.05, 4.69) is 20.6 Å². The Bertz CT molecular complexity index is 1470. The summed E-state index contributed by atoms with van der Waals surface area (Å²) < 4.78 is 5.48. The molecule has 9 nitrogen and oxygen atoms in total. The van der Waals surface area contributed by atoms with Gasteiger partial charge in [-0.2, -0.15) is 0 Å². The summed E-state index contributed by atoms with van der Waals surface area (Å²) in [4.78, 5) is 33.7. The molecule has 0 unspecified atom stereocenters. The van der Waals surface area contributed by atoms with Gasteiger partial charge in [0.1, 0.15) is 11.4 Å². The molecule has 0 bridgehead atoms. The van der Waals surface area contributed by atoms with Crippen LogP contribution in [-0.4, -0.2) is 40.8 Å². The van der Waals surface area contributed by atoms with Gasteiger partial charge in [0.2, 0.25) is 5.91 Å². The van der Waals surface area contributed by atoms with Crippen LogP contribution in [0.2, 0.25) is 0 Å². The number of anilines is 2. The summed E-state index contributed by atoms with van der Waals surface area (Å²) in [5.74, 6) is 0.112. The minimum Gasteiger partial charge on any atom is -0.373 e. The lowest BCUT2D eigenvalue weighted by molar-refractivity contribution is -0.117. The summed E-state index contributed by atoms with van der Waals surface area (Å²) in [5.41, 5.74) is 3.76. The van der Waals surface area contributed by atoms with Gasteiger partial charge in [-0.05, 0) is 87.2 Å². The monoisotopic (exact) mass is 524 g/mol. The van der Waals surface area contributed by atoms with E-state index in [-0.39, 0.29) is 23.4 Å². The van der Waals surface area contributed by atoms with Crippen molar-refractivity contribution in [1.82, 2.24) is 9.97 Å². The first kappa shape index (κ1) is 27.5. The third kappa shape index (κ3) is 6.69. The van der Waals surface area contributed by atoms with Crippen LogP contribution in [0.15, 0.2) is 60.9 Å². The molecule has 4 N–H and O–H groups in total. The number of carbonyl (C=O) groups is 2. The van der Waals surface area contributed by atoms with E-state index in [1.807, 2.05) is 26.8 Å². The fraction of sp³-hybridized carbons (Fsp3) is 0.267. The first-order chi connectivity index (χ1) is 18.6. The van der Waals surface area contributed by atoms with Gasteiger partial charge in [0.15, 0.2) is 0 Å². The second kappa shape index (κ2) is 11.5. The molecule has 3 aromatic rings. The standard InChI is InChI=1S/C30H32N6O3/c1-18-5-8-23(35-29(38)21-10-11-33-26(14-21)30(2,3)39-4)16-24(18)25(32)13-22(17-31)20-9-12-34-27(15-20)36-28(37)19-6-7-19/h5,8-17,19,31-32H,6-7H2,1-4H3,(H,35,38)(H,34,36,37)/b22-13+,31-17?,32-25?. The molecule has 2 heterocycles. The Hall–Kier alpha value is -4.50. The average Bonchev–Trinajstić information content (AvgIpc) is 3.79. The number of amides is 2. The van der Waals surface area contributed by atoms with Crippen LogP contribution < -0.4 is 10.6 Å². The summed E-state index contributed by atoms with van der Waals surface area (Å²) >= 11 is 0. The number of nitrogens with one attached hydrogen (secondary N) is 4. The van der Waals surface area contributed by atoms with Crippen molar-refractivity contribution >= 4 is 40.8 Å². The summed E-state index contributed by atoms with van der Waals surface area (Å²) in [5, 5.41) is 22.4. The van der Waals surface area contributed by atoms with Crippen LogP contribution in [0, 0.1) is 23.7 Å². The van der Waals surface area contributed by atoms with Crippen LogP contribution in [-0.2, 0) is 15.1 Å². The van der Waals surface area contributed by atoms with Crippen LogP contribution in [0.3, 0.4) is 0 Å². The Kier molecular flexibility index (Phi) is 8.11. The van der Waals surface area contributed by atoms with Crippen molar-refractivity contribution in [3.63, 3.8) is 0 Å². The highest BCUT2D eigenvalue weighted by Gasteiger charge is 2.29. The molecule has 2 amide bonds. The average molecular weight is 525 g/mol. The van der Waals surface area contributed by atoms with Crippen molar-refractivity contribution in [2.75, 3.05) is 17.7 Å². The lowest BCUT2D eigenvalue weighted by Crippen LogP contribution is -2.22. The van der Waals surface area contributed by atoms with Crippen molar-refractivity contribution in [2.45, 2.75) is 39.2 Å². The SMILES string of the molecule is COC(C)(C)c1cc(C(=O)Nc2ccc(C)c(C(=N)/C=C(\C=N)c3ccnc(NC(=O)C4CC4)c3)c2)ccn1. The van der Waals surface area contributed by atoms with E-state index in [1.165, 1.54) is 6.21 Å². The van der Waals surface area contributed by atoms with Gasteiger partial charge in [-0.1, -0.05) is 6.07 Å². The molecule has 2 aromatic heterocycles. The summed E-state index contributed by atoms with van der Waals surface area (Å²) in [7, 11) is 1.59. The van der Waals surface area contributed by atoms with Crippen molar-refractivity contribution in [3.05, 3.63) is 88.9 Å². The number of ether oxygens (including phenoxy) is 1. The topological polar surface area (TPSA) is 141 Å². The number of methoxy groups -OCH3 is 1. The minimum absolute atomic E-state index is 0.0485. The molecular formula is C30H32N6O3. The summed E-state index contributed by atoms with van der Waals surface area (Å²) in [6.45, 7) is 5.64. The molecule has 1 aliphatic rings. The quantitative estimate of drug-likeness (QED) is 0.264. The number of rotatable bonds is 10. The van der Waals surface area contributed by atoms with Crippen LogP contribution in [0.25, 0.3) is 5.57 Å². The van der Waals surface area contributed by atoms with Gasteiger partial charge in [0.25, 0.3) is 5.91 Å². The van der Waals surface area contributed by atoms with Crippen molar-refractivity contribution in [2.24, 2.45) is 5.92 Å². The Morgan fingerprint density at radius 3 is 2.44 bits per heavy atom. The third-order valence-corrected chi connectivity index (χ3v) is 6.68. The molecule has 0 saturated heterocycles. The zero-order valence-corrected chi connectivity index (χ0v) is 22.5. The molecular weight excluding hydrogens is 492 g/mol. The lowest BCUT2D eigenvalue weighted by atomic mass is 9.99. The molecule has 39 heavy (non-hydrogen) atoms. The molecule has 1 aliphatic carbocycles. The molecule has 1 aromatic carbocycles. The van der Waals surface area contributed by atoms with E-state index < -0.39 is 5.60 Å². The Labute approximate surface area is 227 Å². The number of carbonyl (C=O) groups excluding carboxylic acids is 2. The van der Waals surface area contributed by atoms with Crippen molar-refractivity contribution in [1.29, 1.82) is 10.8 Å². The van der Waals surface area contributed by atoms with Crippen LogP contribution in [0.4, 0.5) is 11.5 Å². The lowest BCUT2D eigenvalue weighted by Gasteiger charge is -2.22. The zero-order chi connectivity index (χ0) is 28.2. The second-order valence-electron chi connectivity index (χ2n) is 9.98. The predicted molar refractivity (Wildman–Crippen MR) is 153 cm³/mol. The normalized spacial score (nSPS) is 13.5. The number of aryl methyl sites for hydroxylation is 1. The number of hydrogen-bond donors (Lipinski definition) is 4. The second-order valence-corrected chi connectivity index (χ2v) is 9.98. The number of hydrogen-bond acceptors (Lipinski definition) is 7. The zero-order valence-electron chi connectivity index (χ0n) is 22.5. The number of benzene rings is 1. The number of nitrogens with zero attached hydrogens (tertiary/aromatic N) is 2. The molecule has 1 fully saturated rings. The molecule has 0 spiro atoms. The van der Waals surface area contributed by atoms with Gasteiger partial charge in [-0.3, -0.25) is 14.6 Å². The highest BCUT2D eigenvalue weighted by molar-refractivity contribution is 6.20. The molecule has 200 valence electrons. The molecule has 4 rings (SSSR count). The van der Waals surface area contributed by atoms with E-state index in [9.17, 15) is 9.59 Å². The fourth-order valence-corrected chi connectivity index (χ4v) is 3.89. The minimum atomic E-state index is -0.639. The van der Waals surface area contributed by atoms with Crippen LogP contribution in [0.1, 0.15) is 59.4 Å². The smallest absolute Gasteiger partial charge is 0.255 e. The maximum Gasteiger partial charge on any atom is 0.255 e. The summed E-state index contributed by atoms with van der Waals surface area (Å²) in [6.07, 6.45) is 7.68. The van der Waals surface area contributed by atoms with E-state index in [1.54, 1.807) is 62.0 Å². The van der Waals surface area contributed by atoms with Crippen molar-refractivity contribution in [3.8, 4) is 0 Å². The maximum atomic E-state index is 13.0. The molecule has 0 atom stereocenters. The Balaban J connectivity index is 1.54. The number of aromatic nitrogens is 2. The molecule has 1 saturated carbocycles. The predicted octanol–water partition coefficient (Wildman–Crippen LogP) is 5.37. The fourth-order valence-electron chi connectivity index (χ4n) is 3.89. The molecule has 0 radical (unpaired) electrons. The van der Waals surface area contributed by atoms with Crippen LogP contribution >= 0.6 is 0 Å². The first-order valence-corrected chi connectivity index (χ1v) is 12.6. The van der Waals surface area contributed by atoms with Gasteiger partial charge in [-0.25, -0.2) is 4.98 Å². The van der Waals surface area contributed by atoms with E-state index in [0.29, 0.717) is 39.5 Å². The van der Waals surface area contributed by atoms with Gasteiger partial charge in [0.05, 0.1) is 11.4 Å². The summed E-state index contributed by atoms with van der Waals surface area (Å²) in [6, 6.07) is 12.1. The number of allylic oxidation sites excluding steroid dienone is 2. The van der Waals surface area contributed by atoms with Gasteiger partial charge in [0, 0.05) is 54.0 Å². The van der Waals surface area contributed by atoms with E-state index in [4.69, 9.17) is 15.6 Å². The third-order valence-electron chi connectivity index (χ3n) is 6.68. The number of pyridine rings is 2. The first-order valence-electron chi connectivity index (χ1n) is 12.6. The van der Waals surface area contributed by atoms with Gasteiger partial charge < -0.3 is 26.2 Å². The van der Waals surface area contributed by atoms with E-state index in [0.717, 1.165) is 18.4 Å². The maximum absolute atomic E-state index is 13.0. The molecule has 0 aliphatic heterocycles. The van der Waals surface area contributed by atoms with E-state index >= 15 is 0 Å². The highest BCUT2D eigenvalue weighted by Crippen LogP contribution is 2.30. The van der Waals surface area contributed by atoms with Crippen molar-refractivity contribution < 1.29 is 14.3 Å². The molecule has 9 heteroatoms. The van der Waals surface area contributed by atoms with Crippen LogP contribution in [0.5, 0.6) is 0 Å².